The van der Waals surface area contributed by atoms with Gasteiger partial charge in [0.15, 0.2) is 0 Å². The Morgan fingerprint density at radius 2 is 1.05 bits per heavy atom. The Kier molecular flexibility index (Phi) is 10.3. The number of aromatic nitrogens is 6. The second-order valence-electron chi connectivity index (χ2n) is 15.8. The lowest BCUT2D eigenvalue weighted by atomic mass is 10.0. The molecule has 4 aromatic carbocycles. The molecule has 0 saturated carbocycles. The highest BCUT2D eigenvalue weighted by Gasteiger charge is 2.25. The summed E-state index contributed by atoms with van der Waals surface area (Å²) in [5, 5.41) is 1.70. The van der Waals surface area contributed by atoms with E-state index in [2.05, 4.69) is 95.1 Å². The number of methoxy groups -OCH3 is 1. The third kappa shape index (κ3) is 7.95. The summed E-state index contributed by atoms with van der Waals surface area (Å²) in [7, 11) is 1.65. The summed E-state index contributed by atoms with van der Waals surface area (Å²) < 4.78 is 21.9. The van der Waals surface area contributed by atoms with Gasteiger partial charge in [-0.25, -0.2) is 19.9 Å². The van der Waals surface area contributed by atoms with Crippen molar-refractivity contribution in [2.75, 3.05) is 18.6 Å². The highest BCUT2D eigenvalue weighted by molar-refractivity contribution is 6.02. The summed E-state index contributed by atoms with van der Waals surface area (Å²) in [6, 6.07) is 31.4. The Morgan fingerprint density at radius 1 is 0.526 bits per heavy atom. The van der Waals surface area contributed by atoms with Gasteiger partial charge in [-0.1, -0.05) is 42.5 Å². The lowest BCUT2D eigenvalue weighted by Gasteiger charge is -2.21. The molecule has 11 nitrogen and oxygen atoms in total. The average Bonchev–Trinajstić information content (AvgIpc) is 3.79. The van der Waals surface area contributed by atoms with Crippen molar-refractivity contribution in [3.05, 3.63) is 128 Å². The number of nitrogens with two attached hydrogens (primary N) is 2. The lowest BCUT2D eigenvalue weighted by molar-refractivity contribution is 0.407. The van der Waals surface area contributed by atoms with Gasteiger partial charge in [0.2, 0.25) is 0 Å². The maximum atomic E-state index is 6.24. The highest BCUT2D eigenvalue weighted by Crippen LogP contribution is 2.42. The highest BCUT2D eigenvalue weighted by atomic mass is 16.5. The van der Waals surface area contributed by atoms with Gasteiger partial charge in [-0.2, -0.15) is 0 Å². The summed E-state index contributed by atoms with van der Waals surface area (Å²) >= 11 is 0. The fourth-order valence-electron chi connectivity index (χ4n) is 6.75. The van der Waals surface area contributed by atoms with Crippen molar-refractivity contribution in [3.8, 4) is 51.0 Å². The topological polar surface area (TPSA) is 141 Å². The minimum absolute atomic E-state index is 0.122. The predicted octanol–water partition coefficient (Wildman–Crippen LogP) is 10.8. The normalized spacial score (nSPS) is 11.6. The van der Waals surface area contributed by atoms with Gasteiger partial charge in [0.25, 0.3) is 0 Å². The third-order valence-electron chi connectivity index (χ3n) is 9.57. The number of ether oxygens (including phenoxy) is 3. The molecule has 11 heteroatoms. The molecule has 0 saturated heterocycles. The quantitative estimate of drug-likeness (QED) is 0.162. The Morgan fingerprint density at radius 3 is 1.58 bits per heavy atom. The molecule has 0 atom stereocenters. The minimum atomic E-state index is -0.166. The van der Waals surface area contributed by atoms with Gasteiger partial charge in [0.05, 0.1) is 17.9 Å². The van der Waals surface area contributed by atoms with Crippen LogP contribution in [0.15, 0.2) is 122 Å². The smallest absolute Gasteiger partial charge is 0.146 e. The summed E-state index contributed by atoms with van der Waals surface area (Å²) in [5.74, 6) is 4.74. The molecule has 290 valence electrons. The van der Waals surface area contributed by atoms with Crippen LogP contribution in [0.2, 0.25) is 0 Å². The number of anilines is 2. The number of rotatable bonds is 7. The standard InChI is InChI=1S/C23H24N4O2.C23H24N4O/c1-23(2,3)27-13-18(20-21(24)25-14-26-22(20)27)17-11-10-16(12-19(17)28-4)29-15-8-6-5-7-9-15;1-15-12-16(10-11-19(15)28-17-8-6-5-7-9-17)18-13-27(23(2,3)4)22-20(18)21(24)25-14-26-22/h5-14H,1-4H3,(H2,24,25,26);5-14H,1-4H3,(H2,24,25,26). The summed E-state index contributed by atoms with van der Waals surface area (Å²) in [4.78, 5) is 17.4. The Bertz CT molecular complexity index is 2670. The summed E-state index contributed by atoms with van der Waals surface area (Å²) in [6.45, 7) is 14.9. The van der Waals surface area contributed by atoms with E-state index in [1.807, 2.05) is 91.9 Å². The second kappa shape index (κ2) is 15.3. The van der Waals surface area contributed by atoms with E-state index in [1.54, 1.807) is 7.11 Å². The molecule has 0 radical (unpaired) electrons. The molecule has 4 heterocycles. The van der Waals surface area contributed by atoms with Crippen molar-refractivity contribution in [2.24, 2.45) is 0 Å². The first-order valence-electron chi connectivity index (χ1n) is 18.7. The number of nitrogens with zero attached hydrogens (tertiary/aromatic N) is 6. The molecule has 8 rings (SSSR count). The monoisotopic (exact) mass is 760 g/mol. The first-order chi connectivity index (χ1) is 27.2. The maximum absolute atomic E-state index is 6.24. The van der Waals surface area contributed by atoms with Crippen LogP contribution in [0.25, 0.3) is 44.3 Å². The lowest BCUT2D eigenvalue weighted by Crippen LogP contribution is -2.21. The second-order valence-corrected chi connectivity index (χ2v) is 15.8. The number of benzene rings is 4. The molecular weight excluding hydrogens is 713 g/mol. The van der Waals surface area contributed by atoms with Crippen LogP contribution in [0, 0.1) is 6.92 Å². The fourth-order valence-corrected chi connectivity index (χ4v) is 6.75. The molecule has 0 aliphatic rings. The number of para-hydroxylation sites is 2. The van der Waals surface area contributed by atoms with E-state index in [4.69, 9.17) is 25.7 Å². The zero-order chi connectivity index (χ0) is 40.5. The zero-order valence-corrected chi connectivity index (χ0v) is 33.6. The van der Waals surface area contributed by atoms with E-state index < -0.39 is 0 Å². The molecule has 4 N–H and O–H groups in total. The Labute approximate surface area is 332 Å². The largest absolute Gasteiger partial charge is 0.496 e. The van der Waals surface area contributed by atoms with Crippen LogP contribution < -0.4 is 25.7 Å². The fraction of sp³-hybridized carbons (Fsp3) is 0.217. The van der Waals surface area contributed by atoms with E-state index >= 15 is 0 Å². The van der Waals surface area contributed by atoms with Crippen LogP contribution in [0.3, 0.4) is 0 Å². The molecule has 0 bridgehead atoms. The van der Waals surface area contributed by atoms with Crippen molar-refractivity contribution in [1.29, 1.82) is 0 Å². The number of hydrogen-bond acceptors (Lipinski definition) is 9. The SMILES string of the molecule is COc1cc(Oc2ccccc2)ccc1-c1cn(C(C)(C)C)c2ncnc(N)c12.Cc1cc(-c2cn(C(C)(C)C)c3ncnc(N)c23)ccc1Oc1ccccc1. The number of nitrogen functional groups attached to an aromatic ring is 2. The van der Waals surface area contributed by atoms with Gasteiger partial charge in [-0.3, -0.25) is 0 Å². The molecule has 0 spiro atoms. The molecular formula is C46H48N8O3. The van der Waals surface area contributed by atoms with Gasteiger partial charge < -0.3 is 34.8 Å². The van der Waals surface area contributed by atoms with E-state index in [0.29, 0.717) is 23.1 Å². The van der Waals surface area contributed by atoms with E-state index in [-0.39, 0.29) is 11.1 Å². The number of fused-ring (bicyclic) bond motifs is 2. The molecule has 0 unspecified atom stereocenters. The molecule has 8 aromatic rings. The zero-order valence-electron chi connectivity index (χ0n) is 33.6. The Hall–Kier alpha value is -6.88. The predicted molar refractivity (Wildman–Crippen MR) is 229 cm³/mol. The molecule has 57 heavy (non-hydrogen) atoms. The van der Waals surface area contributed by atoms with Crippen LogP contribution >= 0.6 is 0 Å². The van der Waals surface area contributed by atoms with E-state index in [0.717, 1.165) is 67.1 Å². The summed E-state index contributed by atoms with van der Waals surface area (Å²) in [5.41, 5.74) is 18.8. The van der Waals surface area contributed by atoms with Crippen LogP contribution in [-0.2, 0) is 11.1 Å². The molecule has 0 fully saturated rings. The average molecular weight is 761 g/mol. The first kappa shape index (κ1) is 38.4. The van der Waals surface area contributed by atoms with Gasteiger partial charge in [-0.15, -0.1) is 0 Å². The molecule has 0 aliphatic heterocycles. The Balaban J connectivity index is 0.000000174. The van der Waals surface area contributed by atoms with Crippen LogP contribution in [-0.4, -0.2) is 36.2 Å². The van der Waals surface area contributed by atoms with Gasteiger partial charge in [0, 0.05) is 46.2 Å². The van der Waals surface area contributed by atoms with Crippen molar-refractivity contribution < 1.29 is 14.2 Å². The molecule has 0 aliphatic carbocycles. The number of aryl methyl sites for hydroxylation is 1. The van der Waals surface area contributed by atoms with Crippen LogP contribution in [0.4, 0.5) is 11.6 Å². The van der Waals surface area contributed by atoms with Crippen molar-refractivity contribution in [3.63, 3.8) is 0 Å². The minimum Gasteiger partial charge on any atom is -0.496 e. The van der Waals surface area contributed by atoms with Crippen LogP contribution in [0.5, 0.6) is 28.7 Å². The van der Waals surface area contributed by atoms with E-state index in [1.165, 1.54) is 12.7 Å². The summed E-state index contributed by atoms with van der Waals surface area (Å²) in [6.07, 6.45) is 7.19. The molecule has 4 aromatic heterocycles. The van der Waals surface area contributed by atoms with Crippen molar-refractivity contribution in [1.82, 2.24) is 29.1 Å². The van der Waals surface area contributed by atoms with E-state index in [9.17, 15) is 0 Å². The number of hydrogen-bond donors (Lipinski definition) is 2. The van der Waals surface area contributed by atoms with Gasteiger partial charge in [0.1, 0.15) is 64.3 Å². The van der Waals surface area contributed by atoms with Crippen molar-refractivity contribution >= 4 is 33.7 Å². The van der Waals surface area contributed by atoms with Gasteiger partial charge >= 0.3 is 0 Å². The van der Waals surface area contributed by atoms with Gasteiger partial charge in [-0.05, 0) is 108 Å². The van der Waals surface area contributed by atoms with Crippen LogP contribution in [0.1, 0.15) is 47.1 Å². The first-order valence-corrected chi connectivity index (χ1v) is 18.7. The maximum Gasteiger partial charge on any atom is 0.146 e. The van der Waals surface area contributed by atoms with Crippen molar-refractivity contribution in [2.45, 2.75) is 59.5 Å². The third-order valence-corrected chi connectivity index (χ3v) is 9.57. The molecule has 0 amide bonds.